The number of hydrogen-bond acceptors (Lipinski definition) is 6. The van der Waals surface area contributed by atoms with Gasteiger partial charge in [0.2, 0.25) is 0 Å². The number of carbonyl (C=O) groups is 1. The van der Waals surface area contributed by atoms with Crippen LogP contribution in [0.4, 0.5) is 11.4 Å². The smallest absolute Gasteiger partial charge is 0.269 e. The summed E-state index contributed by atoms with van der Waals surface area (Å²) in [6.45, 7) is 1.62. The van der Waals surface area contributed by atoms with Gasteiger partial charge in [0.1, 0.15) is 0 Å². The minimum absolute atomic E-state index is 0.0567. The summed E-state index contributed by atoms with van der Waals surface area (Å²) in [4.78, 5) is 22.6. The van der Waals surface area contributed by atoms with Gasteiger partial charge >= 0.3 is 0 Å². The first-order valence-electron chi connectivity index (χ1n) is 10.0. The Morgan fingerprint density at radius 1 is 1.15 bits per heavy atom. The van der Waals surface area contributed by atoms with Gasteiger partial charge in [-0.3, -0.25) is 14.9 Å². The molecule has 9 heteroatoms. The molecule has 1 amide bonds. The first kappa shape index (κ1) is 24.3. The first-order valence-corrected chi connectivity index (χ1v) is 10.4. The third kappa shape index (κ3) is 6.12. The van der Waals surface area contributed by atoms with Crippen molar-refractivity contribution in [3.63, 3.8) is 0 Å². The average Bonchev–Trinajstić information content (AvgIpc) is 2.83. The van der Waals surface area contributed by atoms with Crippen LogP contribution in [0.15, 0.2) is 60.7 Å². The van der Waals surface area contributed by atoms with Gasteiger partial charge in [-0.05, 0) is 66.1 Å². The molecule has 3 aromatic rings. The number of nitro benzene ring substituents is 1. The Morgan fingerprint density at radius 3 is 2.50 bits per heavy atom. The molecule has 0 aliphatic heterocycles. The number of anilines is 1. The topological polar surface area (TPSA) is 114 Å². The Hall–Kier alpha value is -4.35. The molecule has 1 N–H and O–H groups in total. The molecule has 0 aromatic heterocycles. The van der Waals surface area contributed by atoms with E-state index in [9.17, 15) is 20.2 Å². The van der Waals surface area contributed by atoms with E-state index in [1.54, 1.807) is 42.5 Å². The van der Waals surface area contributed by atoms with E-state index in [1.165, 1.54) is 31.4 Å². The maximum Gasteiger partial charge on any atom is 0.269 e. The maximum atomic E-state index is 12.2. The van der Waals surface area contributed by atoms with E-state index in [-0.39, 0.29) is 18.2 Å². The molecule has 0 saturated heterocycles. The van der Waals surface area contributed by atoms with Crippen molar-refractivity contribution in [3.05, 3.63) is 92.5 Å². The van der Waals surface area contributed by atoms with Crippen molar-refractivity contribution < 1.29 is 19.2 Å². The molecule has 0 aliphatic rings. The zero-order valence-electron chi connectivity index (χ0n) is 18.4. The van der Waals surface area contributed by atoms with Gasteiger partial charge in [-0.1, -0.05) is 23.7 Å². The fraction of sp³-hybridized carbons (Fsp3) is 0.120. The number of rotatable bonds is 8. The number of ether oxygens (including phenoxy) is 2. The Balaban J connectivity index is 1.71. The molecule has 0 heterocycles. The summed E-state index contributed by atoms with van der Waals surface area (Å²) in [5.74, 6) is 0.363. The average molecular weight is 478 g/mol. The molecule has 34 heavy (non-hydrogen) atoms. The van der Waals surface area contributed by atoms with Crippen molar-refractivity contribution in [1.82, 2.24) is 0 Å². The van der Waals surface area contributed by atoms with E-state index >= 15 is 0 Å². The number of methoxy groups -OCH3 is 1. The standard InChI is InChI=1S/C25H20ClN3O5/c1-16-3-7-20(13-22(16)26)28-25(30)15-34-23-10-4-17(12-24(23)33-2)11-19(14-27)18-5-8-21(9-6-18)29(31)32/h3-13H,15H2,1-2H3,(H,28,30)/b19-11+. The Labute approximate surface area is 201 Å². The lowest BCUT2D eigenvalue weighted by Crippen LogP contribution is -2.20. The summed E-state index contributed by atoms with van der Waals surface area (Å²) in [6.07, 6.45) is 1.63. The second-order valence-corrected chi connectivity index (χ2v) is 7.59. The molecule has 0 radical (unpaired) electrons. The minimum Gasteiger partial charge on any atom is -0.493 e. The summed E-state index contributed by atoms with van der Waals surface area (Å²) >= 11 is 6.08. The molecule has 0 fully saturated rings. The first-order chi connectivity index (χ1) is 16.3. The predicted molar refractivity (Wildman–Crippen MR) is 130 cm³/mol. The number of hydrogen-bond donors (Lipinski definition) is 1. The molecule has 3 aromatic carbocycles. The van der Waals surface area contributed by atoms with Crippen LogP contribution >= 0.6 is 11.6 Å². The molecule has 8 nitrogen and oxygen atoms in total. The van der Waals surface area contributed by atoms with Crippen molar-refractivity contribution in [1.29, 1.82) is 5.26 Å². The highest BCUT2D eigenvalue weighted by atomic mass is 35.5. The number of benzene rings is 3. The molecule has 0 aliphatic carbocycles. The van der Waals surface area contributed by atoms with Crippen LogP contribution in [-0.2, 0) is 4.79 Å². The molecular formula is C25H20ClN3O5. The van der Waals surface area contributed by atoms with Crippen LogP contribution in [0.1, 0.15) is 16.7 Å². The molecule has 172 valence electrons. The van der Waals surface area contributed by atoms with E-state index in [4.69, 9.17) is 21.1 Å². The number of nitrogens with one attached hydrogen (secondary N) is 1. The molecule has 0 spiro atoms. The van der Waals surface area contributed by atoms with Crippen molar-refractivity contribution in [2.45, 2.75) is 6.92 Å². The second-order valence-electron chi connectivity index (χ2n) is 7.18. The molecule has 0 atom stereocenters. The fourth-order valence-electron chi connectivity index (χ4n) is 3.01. The number of aryl methyl sites for hydroxylation is 1. The molecular weight excluding hydrogens is 458 g/mol. The largest absolute Gasteiger partial charge is 0.493 e. The van der Waals surface area contributed by atoms with Gasteiger partial charge in [-0.15, -0.1) is 0 Å². The van der Waals surface area contributed by atoms with E-state index < -0.39 is 4.92 Å². The number of nitro groups is 1. The number of allylic oxidation sites excluding steroid dienone is 1. The van der Waals surface area contributed by atoms with Gasteiger partial charge in [-0.25, -0.2) is 0 Å². The number of amides is 1. The number of nitrogens with zero attached hydrogens (tertiary/aromatic N) is 2. The van der Waals surface area contributed by atoms with E-state index in [2.05, 4.69) is 11.4 Å². The van der Waals surface area contributed by atoms with Gasteiger partial charge in [0, 0.05) is 22.8 Å². The van der Waals surface area contributed by atoms with Crippen LogP contribution in [0.2, 0.25) is 5.02 Å². The Kier molecular flexibility index (Phi) is 7.85. The highest BCUT2D eigenvalue weighted by Crippen LogP contribution is 2.30. The lowest BCUT2D eigenvalue weighted by molar-refractivity contribution is -0.384. The molecule has 0 saturated carbocycles. The summed E-state index contributed by atoms with van der Waals surface area (Å²) in [5, 5.41) is 23.6. The summed E-state index contributed by atoms with van der Waals surface area (Å²) < 4.78 is 11.0. The minimum atomic E-state index is -0.501. The Bertz CT molecular complexity index is 1300. The van der Waals surface area contributed by atoms with E-state index in [0.717, 1.165) is 5.56 Å². The summed E-state index contributed by atoms with van der Waals surface area (Å²) in [5.41, 5.74) is 2.92. The van der Waals surface area contributed by atoms with Crippen molar-refractivity contribution in [2.24, 2.45) is 0 Å². The van der Waals surface area contributed by atoms with Crippen LogP contribution in [0.5, 0.6) is 11.5 Å². The van der Waals surface area contributed by atoms with Gasteiger partial charge in [-0.2, -0.15) is 5.26 Å². The predicted octanol–water partition coefficient (Wildman–Crippen LogP) is 5.65. The number of carbonyl (C=O) groups excluding carboxylic acids is 1. The van der Waals surface area contributed by atoms with Gasteiger partial charge in [0.25, 0.3) is 11.6 Å². The van der Waals surface area contributed by atoms with Crippen LogP contribution in [0, 0.1) is 28.4 Å². The number of nitriles is 1. The van der Waals surface area contributed by atoms with E-state index in [1.807, 2.05) is 6.92 Å². The third-order valence-electron chi connectivity index (χ3n) is 4.82. The molecule has 0 unspecified atom stereocenters. The summed E-state index contributed by atoms with van der Waals surface area (Å²) in [7, 11) is 1.46. The van der Waals surface area contributed by atoms with Gasteiger partial charge in [0.05, 0.1) is 23.7 Å². The second kappa shape index (κ2) is 11.0. The lowest BCUT2D eigenvalue weighted by atomic mass is 10.0. The van der Waals surface area contributed by atoms with Crippen LogP contribution in [0.3, 0.4) is 0 Å². The van der Waals surface area contributed by atoms with Crippen LogP contribution in [-0.4, -0.2) is 24.5 Å². The summed E-state index contributed by atoms with van der Waals surface area (Å²) in [6, 6.07) is 18.0. The van der Waals surface area contributed by atoms with Crippen molar-refractivity contribution in [2.75, 3.05) is 19.0 Å². The maximum absolute atomic E-state index is 12.2. The monoisotopic (exact) mass is 477 g/mol. The Morgan fingerprint density at radius 2 is 1.88 bits per heavy atom. The van der Waals surface area contributed by atoms with Gasteiger partial charge in [0.15, 0.2) is 18.1 Å². The van der Waals surface area contributed by atoms with Crippen molar-refractivity contribution in [3.8, 4) is 17.6 Å². The zero-order valence-corrected chi connectivity index (χ0v) is 19.1. The third-order valence-corrected chi connectivity index (χ3v) is 5.23. The van der Waals surface area contributed by atoms with E-state index in [0.29, 0.717) is 38.9 Å². The number of non-ortho nitro benzene ring substituents is 1. The molecule has 0 bridgehead atoms. The van der Waals surface area contributed by atoms with Crippen molar-refractivity contribution >= 4 is 40.5 Å². The highest BCUT2D eigenvalue weighted by molar-refractivity contribution is 6.31. The van der Waals surface area contributed by atoms with Crippen LogP contribution in [0.25, 0.3) is 11.6 Å². The lowest BCUT2D eigenvalue weighted by Gasteiger charge is -2.12. The fourth-order valence-corrected chi connectivity index (χ4v) is 3.19. The van der Waals surface area contributed by atoms with Gasteiger partial charge < -0.3 is 14.8 Å². The number of halogens is 1. The highest BCUT2D eigenvalue weighted by Gasteiger charge is 2.11. The molecule has 3 rings (SSSR count). The zero-order chi connectivity index (χ0) is 24.7. The van der Waals surface area contributed by atoms with Crippen LogP contribution < -0.4 is 14.8 Å². The SMILES string of the molecule is COc1cc(/C=C(\C#N)c2ccc([N+](=O)[O-])cc2)ccc1OCC(=O)Nc1ccc(C)c(Cl)c1. The normalized spacial score (nSPS) is 10.8. The quantitative estimate of drug-likeness (QED) is 0.194.